The minimum absolute atomic E-state index is 0.0387. The van der Waals surface area contributed by atoms with Crippen molar-refractivity contribution in [3.05, 3.63) is 113 Å². The number of benzene rings is 4. The van der Waals surface area contributed by atoms with Crippen LogP contribution in [0.15, 0.2) is 95.1 Å². The molecule has 2 atom stereocenters. The number of hydrogen-bond donors (Lipinski definition) is 0. The van der Waals surface area contributed by atoms with Gasteiger partial charge in [-0.3, -0.25) is 9.80 Å². The first-order valence-corrected chi connectivity index (χ1v) is 16.5. The van der Waals surface area contributed by atoms with Gasteiger partial charge in [0.2, 0.25) is 0 Å². The molecule has 5 aromatic rings. The highest BCUT2D eigenvalue weighted by molar-refractivity contribution is 6.00. The second-order valence-electron chi connectivity index (χ2n) is 14.8. The Morgan fingerprint density at radius 2 is 1.47 bits per heavy atom. The largest absolute Gasteiger partial charge is 0.456 e. The Bertz CT molecular complexity index is 2100. The van der Waals surface area contributed by atoms with Gasteiger partial charge in [-0.2, -0.15) is 4.58 Å². The van der Waals surface area contributed by atoms with Crippen LogP contribution >= 0.6 is 0 Å². The Hall–Kier alpha value is -4.31. The van der Waals surface area contributed by atoms with Gasteiger partial charge in [0.05, 0.1) is 17.3 Å². The summed E-state index contributed by atoms with van der Waals surface area (Å²) in [7, 11) is 0. The van der Waals surface area contributed by atoms with E-state index in [1.165, 1.54) is 55.5 Å². The van der Waals surface area contributed by atoms with Gasteiger partial charge >= 0.3 is 5.79 Å². The number of anilines is 1. The van der Waals surface area contributed by atoms with E-state index in [0.717, 1.165) is 16.9 Å². The third-order valence-electron chi connectivity index (χ3n) is 10.3. The van der Waals surface area contributed by atoms with Gasteiger partial charge in [-0.05, 0) is 80.1 Å². The molecule has 4 aromatic carbocycles. The molecule has 3 aliphatic rings. The Morgan fingerprint density at radius 1 is 0.822 bits per heavy atom. The molecule has 0 radical (unpaired) electrons. The topological polar surface area (TPSA) is 22.6 Å². The highest BCUT2D eigenvalue weighted by Crippen LogP contribution is 2.64. The molecule has 8 rings (SSSR count). The van der Waals surface area contributed by atoms with Gasteiger partial charge in [0.25, 0.3) is 0 Å². The van der Waals surface area contributed by atoms with Crippen molar-refractivity contribution in [3.8, 4) is 11.3 Å². The van der Waals surface area contributed by atoms with E-state index < -0.39 is 5.79 Å². The maximum atomic E-state index is 6.82. The zero-order valence-corrected chi connectivity index (χ0v) is 28.1. The lowest BCUT2D eigenvalue weighted by Gasteiger charge is -2.52. The van der Waals surface area contributed by atoms with Crippen LogP contribution in [0.4, 0.5) is 5.69 Å². The fourth-order valence-corrected chi connectivity index (χ4v) is 9.11. The average molecular weight is 595 g/mol. The molecule has 4 heteroatoms. The van der Waals surface area contributed by atoms with Crippen molar-refractivity contribution in [2.45, 2.75) is 91.6 Å². The van der Waals surface area contributed by atoms with Crippen LogP contribution < -0.4 is 4.90 Å². The van der Waals surface area contributed by atoms with Crippen LogP contribution in [0.5, 0.6) is 0 Å². The summed E-state index contributed by atoms with van der Waals surface area (Å²) in [6.45, 7) is 21.1. The maximum absolute atomic E-state index is 6.82. The summed E-state index contributed by atoms with van der Waals surface area (Å²) in [5, 5.41) is 3.87. The van der Waals surface area contributed by atoms with Crippen molar-refractivity contribution in [1.29, 1.82) is 0 Å². The van der Waals surface area contributed by atoms with E-state index in [9.17, 15) is 0 Å². The van der Waals surface area contributed by atoms with Gasteiger partial charge in [0, 0.05) is 41.3 Å². The van der Waals surface area contributed by atoms with Crippen molar-refractivity contribution in [2.24, 2.45) is 0 Å². The van der Waals surface area contributed by atoms with Crippen LogP contribution in [0.3, 0.4) is 0 Å². The molecule has 228 valence electrons. The van der Waals surface area contributed by atoms with Crippen molar-refractivity contribution in [1.82, 2.24) is 4.90 Å². The molecule has 4 nitrogen and oxygen atoms in total. The van der Waals surface area contributed by atoms with Gasteiger partial charge in [0.15, 0.2) is 11.8 Å². The summed E-state index contributed by atoms with van der Waals surface area (Å²) in [5.41, 5.74) is 11.3. The molecular formula is C41H44N3O+. The Morgan fingerprint density at radius 3 is 2.16 bits per heavy atom. The van der Waals surface area contributed by atoms with Crippen LogP contribution in [0.2, 0.25) is 0 Å². The zero-order chi connectivity index (χ0) is 31.6. The van der Waals surface area contributed by atoms with E-state index in [-0.39, 0.29) is 23.5 Å². The first-order valence-electron chi connectivity index (χ1n) is 16.5. The minimum Gasteiger partial charge on any atom is -0.456 e. The number of hydrogen-bond acceptors (Lipinski definition) is 3. The molecule has 3 aliphatic heterocycles. The molecule has 0 saturated heterocycles. The van der Waals surface area contributed by atoms with E-state index >= 15 is 0 Å². The lowest BCUT2D eigenvalue weighted by atomic mass is 9.79. The predicted molar refractivity (Wildman–Crippen MR) is 187 cm³/mol. The summed E-state index contributed by atoms with van der Waals surface area (Å²) in [6, 6.07) is 29.7. The Kier molecular flexibility index (Phi) is 5.86. The van der Waals surface area contributed by atoms with Crippen molar-refractivity contribution in [3.63, 3.8) is 0 Å². The maximum Gasteiger partial charge on any atom is 0.351 e. The number of para-hydroxylation sites is 2. The second kappa shape index (κ2) is 9.36. The molecule has 0 saturated carbocycles. The van der Waals surface area contributed by atoms with Crippen LogP contribution in [0, 0.1) is 0 Å². The van der Waals surface area contributed by atoms with E-state index in [0.29, 0.717) is 0 Å². The fraction of sp³-hybridized carbons (Fsp3) is 0.341. The molecule has 4 heterocycles. The van der Waals surface area contributed by atoms with Crippen LogP contribution in [-0.4, -0.2) is 27.3 Å². The van der Waals surface area contributed by atoms with E-state index in [2.05, 4.69) is 162 Å². The molecule has 0 fully saturated rings. The third-order valence-corrected chi connectivity index (χ3v) is 10.3. The average Bonchev–Trinajstić information content (AvgIpc) is 3.50. The molecule has 0 bridgehead atoms. The van der Waals surface area contributed by atoms with Gasteiger partial charge < -0.3 is 4.42 Å². The predicted octanol–water partition coefficient (Wildman–Crippen LogP) is 10.1. The SMILES string of the molecule is CC1=CC(C)=[N+](C(C)C)C2(c3c(cc(C(C)(C)C)c4ccccc34)C3c4c(oc5ccccc45)-c4ccccc4N32)N1C(C)C. The molecule has 45 heavy (non-hydrogen) atoms. The monoisotopic (exact) mass is 594 g/mol. The van der Waals surface area contributed by atoms with Gasteiger partial charge in [-0.25, -0.2) is 0 Å². The Labute approximate surface area is 267 Å². The van der Waals surface area contributed by atoms with Crippen LogP contribution in [-0.2, 0) is 11.2 Å². The Balaban J connectivity index is 1.66. The summed E-state index contributed by atoms with van der Waals surface area (Å²) < 4.78 is 9.52. The van der Waals surface area contributed by atoms with Crippen molar-refractivity contribution < 1.29 is 8.99 Å². The highest BCUT2D eigenvalue weighted by Gasteiger charge is 2.68. The lowest BCUT2D eigenvalue weighted by Crippen LogP contribution is -2.67. The number of rotatable bonds is 2. The number of nitrogens with zero attached hydrogens (tertiary/aromatic N) is 3. The third kappa shape index (κ3) is 3.51. The van der Waals surface area contributed by atoms with E-state index in [1.54, 1.807) is 0 Å². The molecule has 1 spiro atoms. The number of allylic oxidation sites excluding steroid dienone is 2. The minimum atomic E-state index is -0.618. The first kappa shape index (κ1) is 28.2. The molecule has 0 N–H and O–H groups in total. The zero-order valence-electron chi connectivity index (χ0n) is 28.1. The van der Waals surface area contributed by atoms with E-state index in [4.69, 9.17) is 4.42 Å². The fourth-order valence-electron chi connectivity index (χ4n) is 9.11. The summed E-state index contributed by atoms with van der Waals surface area (Å²) in [4.78, 5) is 5.47. The quantitative estimate of drug-likeness (QED) is 0.190. The van der Waals surface area contributed by atoms with E-state index in [1.807, 2.05) is 0 Å². The summed E-state index contributed by atoms with van der Waals surface area (Å²) >= 11 is 0. The normalized spacial score (nSPS) is 20.8. The van der Waals surface area contributed by atoms with Crippen LogP contribution in [0.1, 0.15) is 90.6 Å². The number of fused-ring (bicyclic) bond motifs is 14. The lowest BCUT2D eigenvalue weighted by molar-refractivity contribution is -0.671. The van der Waals surface area contributed by atoms with Crippen molar-refractivity contribution >= 4 is 33.1 Å². The number of furan rings is 1. The van der Waals surface area contributed by atoms with Crippen molar-refractivity contribution in [2.75, 3.05) is 4.90 Å². The summed E-state index contributed by atoms with van der Waals surface area (Å²) in [5.74, 6) is 0.380. The molecule has 2 unspecified atom stereocenters. The second-order valence-corrected chi connectivity index (χ2v) is 14.8. The molecular weight excluding hydrogens is 550 g/mol. The standard InChI is InChI=1S/C41H44N3O/c1-24(2)42-26(5)22-27(6)43(25(3)4)41(42)37-29-17-11-10-16-28(29)33(40(7,8)9)23-32(37)38-36-31-19-13-15-21-35(31)45-39(36)30-18-12-14-20-34(30)44(38)41/h10-25,38H,1-9H3/q+1. The molecule has 0 aliphatic carbocycles. The smallest absolute Gasteiger partial charge is 0.351 e. The van der Waals surface area contributed by atoms with Gasteiger partial charge in [-0.1, -0.05) is 81.4 Å². The molecule has 1 aromatic heterocycles. The first-order chi connectivity index (χ1) is 21.5. The van der Waals surface area contributed by atoms with Crippen LogP contribution in [0.25, 0.3) is 33.1 Å². The molecule has 0 amide bonds. The van der Waals surface area contributed by atoms with Gasteiger partial charge in [-0.15, -0.1) is 0 Å². The van der Waals surface area contributed by atoms with Gasteiger partial charge in [0.1, 0.15) is 11.3 Å². The highest BCUT2D eigenvalue weighted by atomic mass is 16.3. The summed E-state index contributed by atoms with van der Waals surface area (Å²) in [6.07, 6.45) is 2.39.